The molecule has 0 aliphatic heterocycles. The minimum absolute atomic E-state index is 0.510. The zero-order valence-electron chi connectivity index (χ0n) is 20.5. The zero-order valence-corrected chi connectivity index (χ0v) is 20.5. The Morgan fingerprint density at radius 1 is 0.767 bits per heavy atom. The van der Waals surface area contributed by atoms with Gasteiger partial charge in [0, 0.05) is 0 Å². The van der Waals surface area contributed by atoms with Crippen LogP contribution in [0.15, 0.2) is 18.2 Å². The molecule has 0 N–H and O–H groups in total. The van der Waals surface area contributed by atoms with Crippen molar-refractivity contribution in [2.24, 2.45) is 5.92 Å². The van der Waals surface area contributed by atoms with Gasteiger partial charge in [-0.05, 0) is 66.5 Å². The molecular formula is C30H50. The average Bonchev–Trinajstić information content (AvgIpc) is 2.79. The van der Waals surface area contributed by atoms with Gasteiger partial charge in [-0.1, -0.05) is 122 Å². The maximum absolute atomic E-state index is 2.68. The largest absolute Gasteiger partial charge is 0.0654 e. The quantitative estimate of drug-likeness (QED) is 0.284. The van der Waals surface area contributed by atoms with Gasteiger partial charge in [-0.3, -0.25) is 0 Å². The number of hydrogen-bond donors (Lipinski definition) is 0. The van der Waals surface area contributed by atoms with E-state index in [4.69, 9.17) is 0 Å². The molecule has 1 fully saturated rings. The molecule has 2 aliphatic carbocycles. The van der Waals surface area contributed by atoms with Crippen molar-refractivity contribution >= 4 is 0 Å². The third-order valence-corrected chi connectivity index (χ3v) is 8.43. The average molecular weight is 411 g/mol. The second-order valence-corrected chi connectivity index (χ2v) is 10.8. The molecule has 0 spiro atoms. The van der Waals surface area contributed by atoms with E-state index in [2.05, 4.69) is 32.0 Å². The summed E-state index contributed by atoms with van der Waals surface area (Å²) in [6.45, 7) is 4.65. The summed E-state index contributed by atoms with van der Waals surface area (Å²) in [6.07, 6.45) is 28.6. The van der Waals surface area contributed by atoms with Gasteiger partial charge < -0.3 is 0 Å². The van der Waals surface area contributed by atoms with Gasteiger partial charge in [0.1, 0.15) is 0 Å². The lowest BCUT2D eigenvalue weighted by molar-refractivity contribution is 0.265. The van der Waals surface area contributed by atoms with E-state index in [0.29, 0.717) is 5.41 Å². The van der Waals surface area contributed by atoms with Crippen LogP contribution in [-0.2, 0) is 18.3 Å². The third kappa shape index (κ3) is 6.86. The highest BCUT2D eigenvalue weighted by Gasteiger charge is 2.34. The maximum Gasteiger partial charge on any atom is -0.00469 e. The normalized spacial score (nSPS) is 20.8. The van der Waals surface area contributed by atoms with E-state index in [1.165, 1.54) is 128 Å². The maximum atomic E-state index is 2.68. The monoisotopic (exact) mass is 410 g/mol. The van der Waals surface area contributed by atoms with Gasteiger partial charge in [0.2, 0.25) is 0 Å². The van der Waals surface area contributed by atoms with E-state index >= 15 is 0 Å². The van der Waals surface area contributed by atoms with E-state index in [9.17, 15) is 0 Å². The lowest BCUT2D eigenvalue weighted by atomic mass is 9.65. The molecule has 170 valence electrons. The van der Waals surface area contributed by atoms with Crippen LogP contribution in [0.25, 0.3) is 0 Å². The van der Waals surface area contributed by atoms with Crippen molar-refractivity contribution in [2.45, 2.75) is 148 Å². The molecule has 0 saturated heterocycles. The molecule has 1 saturated carbocycles. The standard InChI is InChI=1S/C30H50/c1-3-5-7-9-10-12-16-26-17-18-28-25-29(20-19-27(28)24-26)30(21-13-8-6-4-2)22-14-11-15-23-30/h19-20,25-26H,3-18,21-24H2,1-2H3. The van der Waals surface area contributed by atoms with E-state index < -0.39 is 0 Å². The Labute approximate surface area is 188 Å². The summed E-state index contributed by atoms with van der Waals surface area (Å²) in [5.74, 6) is 0.951. The van der Waals surface area contributed by atoms with Crippen LogP contribution >= 0.6 is 0 Å². The fourth-order valence-electron chi connectivity index (χ4n) is 6.42. The Morgan fingerprint density at radius 2 is 1.47 bits per heavy atom. The van der Waals surface area contributed by atoms with Crippen LogP contribution in [0.2, 0.25) is 0 Å². The number of unbranched alkanes of at least 4 members (excludes halogenated alkanes) is 8. The molecule has 0 heterocycles. The number of aryl methyl sites for hydroxylation is 1. The highest BCUT2D eigenvalue weighted by molar-refractivity contribution is 5.38. The van der Waals surface area contributed by atoms with Crippen LogP contribution in [0.4, 0.5) is 0 Å². The molecule has 1 unspecified atom stereocenters. The summed E-state index contributed by atoms with van der Waals surface area (Å²) in [6, 6.07) is 7.80. The van der Waals surface area contributed by atoms with Gasteiger partial charge in [-0.25, -0.2) is 0 Å². The van der Waals surface area contributed by atoms with Crippen LogP contribution in [0.5, 0.6) is 0 Å². The van der Waals surface area contributed by atoms with Crippen LogP contribution < -0.4 is 0 Å². The van der Waals surface area contributed by atoms with Crippen LogP contribution in [0.1, 0.15) is 146 Å². The minimum Gasteiger partial charge on any atom is -0.0654 e. The summed E-state index contributed by atoms with van der Waals surface area (Å²) in [5, 5.41) is 0. The van der Waals surface area contributed by atoms with Gasteiger partial charge in [0.05, 0.1) is 0 Å². The van der Waals surface area contributed by atoms with E-state index in [0.717, 1.165) is 5.92 Å². The van der Waals surface area contributed by atoms with Crippen molar-refractivity contribution in [1.29, 1.82) is 0 Å². The van der Waals surface area contributed by atoms with E-state index in [1.54, 1.807) is 16.7 Å². The lowest BCUT2D eigenvalue weighted by Crippen LogP contribution is -2.29. The Hall–Kier alpha value is -0.780. The number of benzene rings is 1. The first-order valence-corrected chi connectivity index (χ1v) is 13.9. The van der Waals surface area contributed by atoms with E-state index in [-0.39, 0.29) is 0 Å². The molecule has 30 heavy (non-hydrogen) atoms. The zero-order chi connectivity index (χ0) is 21.1. The van der Waals surface area contributed by atoms with Gasteiger partial charge >= 0.3 is 0 Å². The van der Waals surface area contributed by atoms with Crippen molar-refractivity contribution in [3.63, 3.8) is 0 Å². The molecule has 1 atom stereocenters. The molecule has 3 rings (SSSR count). The van der Waals surface area contributed by atoms with Gasteiger partial charge in [-0.15, -0.1) is 0 Å². The summed E-state index contributed by atoms with van der Waals surface area (Å²) >= 11 is 0. The molecule has 1 aromatic rings. The molecular weight excluding hydrogens is 360 g/mol. The SMILES string of the molecule is CCCCCCCCC1CCc2cc(C3(CCCCCC)CCCCC3)ccc2C1. The second-order valence-electron chi connectivity index (χ2n) is 10.8. The van der Waals surface area contributed by atoms with Crippen molar-refractivity contribution in [3.8, 4) is 0 Å². The van der Waals surface area contributed by atoms with Gasteiger partial charge in [-0.2, -0.15) is 0 Å². The first kappa shape index (κ1) is 23.9. The smallest absolute Gasteiger partial charge is 0.00469 e. The second kappa shape index (κ2) is 12.9. The molecule has 2 aliphatic rings. The Kier molecular flexibility index (Phi) is 10.3. The highest BCUT2D eigenvalue weighted by atomic mass is 14.4. The van der Waals surface area contributed by atoms with Crippen LogP contribution in [0.3, 0.4) is 0 Å². The molecule has 0 bridgehead atoms. The highest BCUT2D eigenvalue weighted by Crippen LogP contribution is 2.44. The summed E-state index contributed by atoms with van der Waals surface area (Å²) < 4.78 is 0. The van der Waals surface area contributed by atoms with Gasteiger partial charge in [0.15, 0.2) is 0 Å². The first-order chi connectivity index (χ1) is 14.8. The Morgan fingerprint density at radius 3 is 2.23 bits per heavy atom. The van der Waals surface area contributed by atoms with Crippen LogP contribution in [-0.4, -0.2) is 0 Å². The molecule has 0 aromatic heterocycles. The summed E-state index contributed by atoms with van der Waals surface area (Å²) in [5.41, 5.74) is 5.63. The summed E-state index contributed by atoms with van der Waals surface area (Å²) in [7, 11) is 0. The van der Waals surface area contributed by atoms with Crippen LogP contribution in [0, 0.1) is 5.92 Å². The number of hydrogen-bond acceptors (Lipinski definition) is 0. The first-order valence-electron chi connectivity index (χ1n) is 13.9. The number of fused-ring (bicyclic) bond motifs is 1. The van der Waals surface area contributed by atoms with Crippen molar-refractivity contribution in [1.82, 2.24) is 0 Å². The minimum atomic E-state index is 0.510. The predicted octanol–water partition coefficient (Wildman–Crippen LogP) is 9.71. The van der Waals surface area contributed by atoms with Gasteiger partial charge in [0.25, 0.3) is 0 Å². The predicted molar refractivity (Wildman–Crippen MR) is 133 cm³/mol. The Balaban J connectivity index is 1.56. The Bertz CT molecular complexity index is 592. The lowest BCUT2D eigenvalue weighted by Gasteiger charge is -2.39. The number of rotatable bonds is 13. The van der Waals surface area contributed by atoms with Crippen molar-refractivity contribution < 1.29 is 0 Å². The van der Waals surface area contributed by atoms with Crippen molar-refractivity contribution in [2.75, 3.05) is 0 Å². The fourth-order valence-corrected chi connectivity index (χ4v) is 6.42. The fraction of sp³-hybridized carbons (Fsp3) is 0.800. The molecule has 0 heteroatoms. The van der Waals surface area contributed by atoms with Crippen molar-refractivity contribution in [3.05, 3.63) is 34.9 Å². The van der Waals surface area contributed by atoms with E-state index in [1.807, 2.05) is 0 Å². The summed E-state index contributed by atoms with van der Waals surface area (Å²) in [4.78, 5) is 0. The molecule has 0 nitrogen and oxygen atoms in total. The molecule has 0 amide bonds. The molecule has 0 radical (unpaired) electrons. The topological polar surface area (TPSA) is 0 Å². The molecule has 1 aromatic carbocycles. The third-order valence-electron chi connectivity index (χ3n) is 8.43.